The maximum atomic E-state index is 11.3. The molecule has 4 atom stereocenters. The smallest absolute Gasteiger partial charge is 0.302 e. The van der Waals surface area contributed by atoms with E-state index in [0.29, 0.717) is 26.1 Å². The summed E-state index contributed by atoms with van der Waals surface area (Å²) in [6.07, 6.45) is 2.15. The number of carbonyl (C=O) groups excluding carboxylic acids is 1. The zero-order chi connectivity index (χ0) is 21.2. The van der Waals surface area contributed by atoms with Crippen LogP contribution in [0.15, 0.2) is 73.3 Å². The van der Waals surface area contributed by atoms with E-state index in [0.717, 1.165) is 11.1 Å². The standard InChI is InChI=1S/C25H30O5/c1-3-10-23-25(29-17-21-13-8-5-9-14-21)24(15-22(30-23)18-27-19(2)26)28-16-20-11-6-4-7-12-20/h3-9,11-14,22-25H,1,10,15-18H2,2H3/t22-,23+,24-,25+/m1/s1. The van der Waals surface area contributed by atoms with Crippen LogP contribution < -0.4 is 0 Å². The van der Waals surface area contributed by atoms with Crippen molar-refractivity contribution in [3.05, 3.63) is 84.4 Å². The van der Waals surface area contributed by atoms with Crippen LogP contribution in [0.4, 0.5) is 0 Å². The van der Waals surface area contributed by atoms with Crippen LogP contribution in [0, 0.1) is 0 Å². The van der Waals surface area contributed by atoms with E-state index in [1.165, 1.54) is 6.92 Å². The minimum absolute atomic E-state index is 0.187. The Morgan fingerprint density at radius 2 is 1.63 bits per heavy atom. The molecule has 0 bridgehead atoms. The van der Waals surface area contributed by atoms with Crippen molar-refractivity contribution in [3.8, 4) is 0 Å². The van der Waals surface area contributed by atoms with Crippen LogP contribution >= 0.6 is 0 Å². The van der Waals surface area contributed by atoms with E-state index < -0.39 is 0 Å². The third-order valence-corrected chi connectivity index (χ3v) is 5.06. The molecule has 2 aromatic carbocycles. The Kier molecular flexibility index (Phi) is 8.63. The Hall–Kier alpha value is -2.47. The number of ether oxygens (including phenoxy) is 4. The van der Waals surface area contributed by atoms with Gasteiger partial charge in [0.15, 0.2) is 0 Å². The molecule has 0 saturated carbocycles. The van der Waals surface area contributed by atoms with Gasteiger partial charge in [-0.2, -0.15) is 0 Å². The van der Waals surface area contributed by atoms with E-state index in [4.69, 9.17) is 18.9 Å². The van der Waals surface area contributed by atoms with Gasteiger partial charge in [0.05, 0.1) is 31.5 Å². The average molecular weight is 411 g/mol. The Labute approximate surface area is 178 Å². The first-order chi connectivity index (χ1) is 14.7. The molecular weight excluding hydrogens is 380 g/mol. The van der Waals surface area contributed by atoms with Crippen LogP contribution in [0.3, 0.4) is 0 Å². The summed E-state index contributed by atoms with van der Waals surface area (Å²) in [7, 11) is 0. The van der Waals surface area contributed by atoms with Crippen molar-refractivity contribution >= 4 is 5.97 Å². The highest BCUT2D eigenvalue weighted by Gasteiger charge is 2.40. The van der Waals surface area contributed by atoms with Crippen molar-refractivity contribution in [2.45, 2.75) is 57.4 Å². The van der Waals surface area contributed by atoms with Crippen LogP contribution in [0.1, 0.15) is 30.9 Å². The molecule has 1 fully saturated rings. The first kappa shape index (κ1) is 22.2. The molecule has 160 valence electrons. The average Bonchev–Trinajstić information content (AvgIpc) is 2.77. The lowest BCUT2D eigenvalue weighted by atomic mass is 9.95. The lowest BCUT2D eigenvalue weighted by molar-refractivity contribution is -0.215. The van der Waals surface area contributed by atoms with Crippen LogP contribution in [-0.4, -0.2) is 37.0 Å². The highest BCUT2D eigenvalue weighted by molar-refractivity contribution is 5.65. The third-order valence-electron chi connectivity index (χ3n) is 5.06. The van der Waals surface area contributed by atoms with Crippen molar-refractivity contribution < 1.29 is 23.7 Å². The van der Waals surface area contributed by atoms with Crippen molar-refractivity contribution in [1.82, 2.24) is 0 Å². The van der Waals surface area contributed by atoms with Crippen LogP contribution in [0.2, 0.25) is 0 Å². The highest BCUT2D eigenvalue weighted by Crippen LogP contribution is 2.29. The van der Waals surface area contributed by atoms with Crippen LogP contribution in [0.25, 0.3) is 0 Å². The van der Waals surface area contributed by atoms with Gasteiger partial charge in [0, 0.05) is 13.3 Å². The first-order valence-corrected chi connectivity index (χ1v) is 10.4. The Balaban J connectivity index is 1.72. The number of benzene rings is 2. The summed E-state index contributed by atoms with van der Waals surface area (Å²) in [4.78, 5) is 11.3. The molecule has 0 aromatic heterocycles. The molecule has 1 aliphatic rings. The van der Waals surface area contributed by atoms with E-state index >= 15 is 0 Å². The molecule has 2 aromatic rings. The molecule has 0 aliphatic carbocycles. The summed E-state index contributed by atoms with van der Waals surface area (Å²) in [5, 5.41) is 0. The monoisotopic (exact) mass is 410 g/mol. The van der Waals surface area contributed by atoms with Crippen molar-refractivity contribution in [2.75, 3.05) is 6.61 Å². The minimum Gasteiger partial charge on any atom is -0.463 e. The molecule has 1 aliphatic heterocycles. The molecule has 1 saturated heterocycles. The van der Waals surface area contributed by atoms with Gasteiger partial charge in [-0.15, -0.1) is 6.58 Å². The fraction of sp³-hybridized carbons (Fsp3) is 0.400. The second-order valence-electron chi connectivity index (χ2n) is 7.46. The minimum atomic E-state index is -0.317. The normalized spacial score (nSPS) is 23.6. The number of carbonyl (C=O) groups is 1. The quantitative estimate of drug-likeness (QED) is 0.428. The van der Waals surface area contributed by atoms with Gasteiger partial charge in [0.2, 0.25) is 0 Å². The van der Waals surface area contributed by atoms with Gasteiger partial charge in [-0.05, 0) is 17.5 Å². The molecule has 3 rings (SSSR count). The maximum Gasteiger partial charge on any atom is 0.302 e. The summed E-state index contributed by atoms with van der Waals surface area (Å²) in [5.41, 5.74) is 2.20. The molecule has 0 unspecified atom stereocenters. The number of rotatable bonds is 10. The van der Waals surface area contributed by atoms with E-state index in [2.05, 4.69) is 6.58 Å². The Bertz CT molecular complexity index is 777. The molecule has 0 N–H and O–H groups in total. The summed E-state index contributed by atoms with van der Waals surface area (Å²) < 4.78 is 24.0. The molecule has 0 amide bonds. The van der Waals surface area contributed by atoms with Gasteiger partial charge in [-0.1, -0.05) is 66.7 Å². The number of hydrogen-bond donors (Lipinski definition) is 0. The second kappa shape index (κ2) is 11.6. The summed E-state index contributed by atoms with van der Waals surface area (Å²) in [5.74, 6) is -0.317. The summed E-state index contributed by atoms with van der Waals surface area (Å²) >= 11 is 0. The summed E-state index contributed by atoms with van der Waals surface area (Å²) in [6, 6.07) is 20.1. The molecule has 5 nitrogen and oxygen atoms in total. The van der Waals surface area contributed by atoms with Crippen molar-refractivity contribution in [2.24, 2.45) is 0 Å². The topological polar surface area (TPSA) is 54.0 Å². The molecule has 0 radical (unpaired) electrons. The summed E-state index contributed by atoms with van der Waals surface area (Å²) in [6.45, 7) is 6.43. The number of esters is 1. The van der Waals surface area contributed by atoms with Gasteiger partial charge >= 0.3 is 5.97 Å². The van der Waals surface area contributed by atoms with E-state index in [-0.39, 0.29) is 37.0 Å². The SMILES string of the molecule is C=CC[C@@H]1O[C@@H](COC(C)=O)C[C@@H](OCc2ccccc2)[C@H]1OCc1ccccc1. The van der Waals surface area contributed by atoms with Crippen LogP contribution in [0.5, 0.6) is 0 Å². The fourth-order valence-electron chi connectivity index (χ4n) is 3.61. The molecule has 5 heteroatoms. The van der Waals surface area contributed by atoms with E-state index in [9.17, 15) is 4.79 Å². The second-order valence-corrected chi connectivity index (χ2v) is 7.46. The Morgan fingerprint density at radius 1 is 1.03 bits per heavy atom. The zero-order valence-corrected chi connectivity index (χ0v) is 17.4. The van der Waals surface area contributed by atoms with Gasteiger partial charge < -0.3 is 18.9 Å². The fourth-order valence-corrected chi connectivity index (χ4v) is 3.61. The lowest BCUT2D eigenvalue weighted by Gasteiger charge is -2.41. The predicted molar refractivity (Wildman–Crippen MR) is 115 cm³/mol. The van der Waals surface area contributed by atoms with Crippen molar-refractivity contribution in [3.63, 3.8) is 0 Å². The van der Waals surface area contributed by atoms with Crippen molar-refractivity contribution in [1.29, 1.82) is 0 Å². The molecule has 0 spiro atoms. The largest absolute Gasteiger partial charge is 0.463 e. The maximum absolute atomic E-state index is 11.3. The highest BCUT2D eigenvalue weighted by atomic mass is 16.6. The van der Waals surface area contributed by atoms with Gasteiger partial charge in [-0.25, -0.2) is 0 Å². The van der Waals surface area contributed by atoms with Gasteiger partial charge in [0.1, 0.15) is 12.7 Å². The van der Waals surface area contributed by atoms with Gasteiger partial charge in [-0.3, -0.25) is 4.79 Å². The predicted octanol–water partition coefficient (Wildman–Crippen LogP) is 4.45. The van der Waals surface area contributed by atoms with Gasteiger partial charge in [0.25, 0.3) is 0 Å². The van der Waals surface area contributed by atoms with E-state index in [1.54, 1.807) is 0 Å². The third kappa shape index (κ3) is 6.80. The molecule has 1 heterocycles. The number of hydrogen-bond acceptors (Lipinski definition) is 5. The lowest BCUT2D eigenvalue weighted by Crippen LogP contribution is -2.51. The molecular formula is C25H30O5. The molecule has 30 heavy (non-hydrogen) atoms. The van der Waals surface area contributed by atoms with E-state index in [1.807, 2.05) is 66.7 Å². The zero-order valence-electron chi connectivity index (χ0n) is 17.4. The van der Waals surface area contributed by atoms with Crippen LogP contribution in [-0.2, 0) is 37.0 Å². The Morgan fingerprint density at radius 3 is 2.20 bits per heavy atom. The first-order valence-electron chi connectivity index (χ1n) is 10.4.